The molecule has 110 valence electrons. The largest absolute Gasteiger partial charge is 0.314 e. The topological polar surface area (TPSA) is 61.2 Å². The molecular weight excluding hydrogens is 320 g/mol. The van der Waals surface area contributed by atoms with E-state index in [4.69, 9.17) is 11.6 Å². The number of hydrogen-bond acceptors (Lipinski definition) is 4. The van der Waals surface area contributed by atoms with Gasteiger partial charge < -0.3 is 4.90 Å². The summed E-state index contributed by atoms with van der Waals surface area (Å²) in [6, 6.07) is 13.8. The number of allylic oxidation sites excluding steroid dienone is 1. The standard InChI is InChI=1S/C16H11ClN2O2S/c1-11-2-7-16-15(8-11)19(10-14(9-18)22(16,20)21)13-5-3-12(17)4-6-13/h2-8,10H,1H3. The van der Waals surface area contributed by atoms with Crippen molar-refractivity contribution in [1.29, 1.82) is 5.26 Å². The first kappa shape index (κ1) is 14.6. The molecule has 0 radical (unpaired) electrons. The molecule has 0 bridgehead atoms. The van der Waals surface area contributed by atoms with Gasteiger partial charge in [-0.15, -0.1) is 0 Å². The molecule has 0 fully saturated rings. The Kier molecular flexibility index (Phi) is 3.44. The summed E-state index contributed by atoms with van der Waals surface area (Å²) in [6.45, 7) is 1.89. The third-order valence-electron chi connectivity index (χ3n) is 3.41. The van der Waals surface area contributed by atoms with Gasteiger partial charge in [0.1, 0.15) is 6.07 Å². The number of sulfone groups is 1. The Morgan fingerprint density at radius 3 is 2.45 bits per heavy atom. The number of anilines is 2. The second-order valence-electron chi connectivity index (χ2n) is 4.93. The second kappa shape index (κ2) is 5.16. The zero-order chi connectivity index (χ0) is 15.9. The molecule has 6 heteroatoms. The van der Waals surface area contributed by atoms with Crippen LogP contribution >= 0.6 is 11.6 Å². The molecule has 3 rings (SSSR count). The average molecular weight is 331 g/mol. The summed E-state index contributed by atoms with van der Waals surface area (Å²) in [4.78, 5) is 1.55. The van der Waals surface area contributed by atoms with E-state index in [1.54, 1.807) is 47.4 Å². The number of aryl methyl sites for hydroxylation is 1. The van der Waals surface area contributed by atoms with E-state index in [0.29, 0.717) is 10.7 Å². The van der Waals surface area contributed by atoms with Gasteiger partial charge in [-0.25, -0.2) is 8.42 Å². The molecule has 22 heavy (non-hydrogen) atoms. The van der Waals surface area contributed by atoms with Crippen molar-refractivity contribution in [2.45, 2.75) is 11.8 Å². The maximum Gasteiger partial charge on any atom is 0.220 e. The van der Waals surface area contributed by atoms with E-state index in [0.717, 1.165) is 11.3 Å². The lowest BCUT2D eigenvalue weighted by molar-refractivity contribution is 0.602. The summed E-state index contributed by atoms with van der Waals surface area (Å²) in [5.74, 6) is 0. The Hall–Kier alpha value is -2.29. The van der Waals surface area contributed by atoms with Crippen molar-refractivity contribution >= 4 is 32.8 Å². The highest BCUT2D eigenvalue weighted by Crippen LogP contribution is 2.39. The normalized spacial score (nSPS) is 15.7. The second-order valence-corrected chi connectivity index (χ2v) is 7.25. The number of hydrogen-bond donors (Lipinski definition) is 0. The van der Waals surface area contributed by atoms with Crippen molar-refractivity contribution in [2.24, 2.45) is 0 Å². The Bertz CT molecular complexity index is 926. The summed E-state index contributed by atoms with van der Waals surface area (Å²) >= 11 is 5.90. The Morgan fingerprint density at radius 1 is 1.14 bits per heavy atom. The van der Waals surface area contributed by atoms with Crippen LogP contribution in [0.1, 0.15) is 5.56 Å². The summed E-state index contributed by atoms with van der Waals surface area (Å²) < 4.78 is 24.9. The van der Waals surface area contributed by atoms with Crippen LogP contribution in [0.3, 0.4) is 0 Å². The van der Waals surface area contributed by atoms with Crippen molar-refractivity contribution in [2.75, 3.05) is 4.90 Å². The summed E-state index contributed by atoms with van der Waals surface area (Å²) in [5.41, 5.74) is 2.20. The van der Waals surface area contributed by atoms with E-state index in [1.807, 2.05) is 6.92 Å². The maximum atomic E-state index is 12.4. The molecule has 0 saturated heterocycles. The van der Waals surface area contributed by atoms with Crippen molar-refractivity contribution < 1.29 is 8.42 Å². The average Bonchev–Trinajstić information content (AvgIpc) is 2.48. The minimum atomic E-state index is -3.77. The van der Waals surface area contributed by atoms with E-state index in [-0.39, 0.29) is 9.80 Å². The van der Waals surface area contributed by atoms with Gasteiger partial charge in [-0.2, -0.15) is 5.26 Å². The Morgan fingerprint density at radius 2 is 1.82 bits per heavy atom. The monoisotopic (exact) mass is 330 g/mol. The lowest BCUT2D eigenvalue weighted by Gasteiger charge is -2.27. The molecule has 0 spiro atoms. The van der Waals surface area contributed by atoms with E-state index < -0.39 is 9.84 Å². The lowest BCUT2D eigenvalue weighted by atomic mass is 10.2. The van der Waals surface area contributed by atoms with Crippen molar-refractivity contribution in [1.82, 2.24) is 0 Å². The number of nitrogens with zero attached hydrogens (tertiary/aromatic N) is 2. The fraction of sp³-hybridized carbons (Fsp3) is 0.0625. The Balaban J connectivity index is 2.29. The SMILES string of the molecule is Cc1ccc2c(c1)N(c1ccc(Cl)cc1)C=C(C#N)S2(=O)=O. The number of rotatable bonds is 1. The van der Waals surface area contributed by atoms with Gasteiger partial charge in [-0.3, -0.25) is 0 Å². The molecule has 0 amide bonds. The van der Waals surface area contributed by atoms with Crippen molar-refractivity contribution in [3.05, 3.63) is 64.2 Å². The van der Waals surface area contributed by atoms with Crippen LogP contribution in [0.4, 0.5) is 11.4 Å². The van der Waals surface area contributed by atoms with Crippen LogP contribution in [-0.2, 0) is 9.84 Å². The molecule has 0 saturated carbocycles. The van der Waals surface area contributed by atoms with Crippen LogP contribution in [0.5, 0.6) is 0 Å². The molecule has 1 heterocycles. The maximum absolute atomic E-state index is 12.4. The quantitative estimate of drug-likeness (QED) is 0.794. The molecule has 1 aliphatic rings. The van der Waals surface area contributed by atoms with Crippen LogP contribution in [0.25, 0.3) is 0 Å². The fourth-order valence-electron chi connectivity index (χ4n) is 2.32. The van der Waals surface area contributed by atoms with Crippen molar-refractivity contribution in [3.63, 3.8) is 0 Å². The van der Waals surface area contributed by atoms with Crippen LogP contribution in [0.15, 0.2) is 58.5 Å². The zero-order valence-electron chi connectivity index (χ0n) is 11.6. The zero-order valence-corrected chi connectivity index (χ0v) is 13.2. The smallest absolute Gasteiger partial charge is 0.220 e. The molecule has 4 nitrogen and oxygen atoms in total. The first-order valence-corrected chi connectivity index (χ1v) is 8.32. The van der Waals surface area contributed by atoms with Gasteiger partial charge in [-0.05, 0) is 48.9 Å². The first-order chi connectivity index (χ1) is 10.4. The highest BCUT2D eigenvalue weighted by molar-refractivity contribution is 7.95. The molecule has 1 aliphatic heterocycles. The van der Waals surface area contributed by atoms with Gasteiger partial charge >= 0.3 is 0 Å². The minimum Gasteiger partial charge on any atom is -0.314 e. The van der Waals surface area contributed by atoms with E-state index in [9.17, 15) is 13.7 Å². The summed E-state index contributed by atoms with van der Waals surface area (Å²) in [6.07, 6.45) is 1.35. The first-order valence-electron chi connectivity index (χ1n) is 6.46. The number of nitriles is 1. The van der Waals surface area contributed by atoms with E-state index in [1.165, 1.54) is 12.3 Å². The lowest BCUT2D eigenvalue weighted by Crippen LogP contribution is -2.21. The van der Waals surface area contributed by atoms with E-state index >= 15 is 0 Å². The predicted molar refractivity (Wildman–Crippen MR) is 85.7 cm³/mol. The number of benzene rings is 2. The highest BCUT2D eigenvalue weighted by atomic mass is 35.5. The van der Waals surface area contributed by atoms with Crippen molar-refractivity contribution in [3.8, 4) is 6.07 Å². The fourth-order valence-corrected chi connectivity index (χ4v) is 3.73. The third kappa shape index (κ3) is 2.27. The molecule has 0 aromatic heterocycles. The van der Waals surface area contributed by atoms with Gasteiger partial charge in [-0.1, -0.05) is 17.7 Å². The molecule has 2 aromatic carbocycles. The molecule has 0 unspecified atom stereocenters. The number of fused-ring (bicyclic) bond motifs is 1. The van der Waals surface area contributed by atoms with E-state index in [2.05, 4.69) is 0 Å². The number of halogens is 1. The van der Waals surface area contributed by atoms with Gasteiger partial charge in [0, 0.05) is 16.9 Å². The van der Waals surface area contributed by atoms with Gasteiger partial charge in [0.25, 0.3) is 0 Å². The minimum absolute atomic E-state index is 0.132. The van der Waals surface area contributed by atoms with Gasteiger partial charge in [0.15, 0.2) is 4.91 Å². The highest BCUT2D eigenvalue weighted by Gasteiger charge is 2.31. The van der Waals surface area contributed by atoms with Crippen LogP contribution in [-0.4, -0.2) is 8.42 Å². The predicted octanol–water partition coefficient (Wildman–Crippen LogP) is 3.94. The van der Waals surface area contributed by atoms with Gasteiger partial charge in [0.05, 0.1) is 10.6 Å². The van der Waals surface area contributed by atoms with Crippen LogP contribution in [0, 0.1) is 18.3 Å². The third-order valence-corrected chi connectivity index (χ3v) is 5.37. The Labute approximate surface area is 133 Å². The summed E-state index contributed by atoms with van der Waals surface area (Å²) in [7, 11) is -3.77. The van der Waals surface area contributed by atoms with Crippen LogP contribution < -0.4 is 4.90 Å². The molecular formula is C16H11ClN2O2S. The van der Waals surface area contributed by atoms with Gasteiger partial charge in [0.2, 0.25) is 9.84 Å². The molecule has 0 aliphatic carbocycles. The molecule has 2 aromatic rings. The molecule has 0 N–H and O–H groups in total. The van der Waals surface area contributed by atoms with Crippen LogP contribution in [0.2, 0.25) is 5.02 Å². The molecule has 0 atom stereocenters. The summed E-state index contributed by atoms with van der Waals surface area (Å²) in [5, 5.41) is 9.76.